The highest BCUT2D eigenvalue weighted by atomic mass is 16.5. The molecule has 1 saturated heterocycles. The van der Waals surface area contributed by atoms with Gasteiger partial charge < -0.3 is 25.1 Å². The Hall–Kier alpha value is -3.49. The summed E-state index contributed by atoms with van der Waals surface area (Å²) < 4.78 is 10.9. The summed E-state index contributed by atoms with van der Waals surface area (Å²) in [7, 11) is 1.59. The molecule has 1 aliphatic rings. The van der Waals surface area contributed by atoms with E-state index in [4.69, 9.17) is 21.1 Å². The fraction of sp³-hybridized carbons (Fsp3) is 0.261. The maximum absolute atomic E-state index is 12.8. The average molecular weight is 422 g/mol. The molecule has 1 fully saturated rings. The number of para-hydroxylation sites is 3. The number of rotatable bonds is 5. The van der Waals surface area contributed by atoms with Crippen LogP contribution in [-0.2, 0) is 4.74 Å². The number of aromatic amines is 1. The van der Waals surface area contributed by atoms with Crippen molar-refractivity contribution in [3.05, 3.63) is 70.5 Å². The van der Waals surface area contributed by atoms with Gasteiger partial charge in [0, 0.05) is 42.9 Å². The van der Waals surface area contributed by atoms with Gasteiger partial charge >= 0.3 is 0 Å². The van der Waals surface area contributed by atoms with E-state index < -0.39 is 0 Å². The number of hydrogen-bond acceptors (Lipinski definition) is 7. The molecule has 4 rings (SSSR count). The second-order valence-electron chi connectivity index (χ2n) is 7.36. The van der Waals surface area contributed by atoms with E-state index >= 15 is 0 Å². The van der Waals surface area contributed by atoms with Crippen LogP contribution in [0.25, 0.3) is 16.6 Å². The van der Waals surface area contributed by atoms with Crippen LogP contribution in [0.5, 0.6) is 5.75 Å². The van der Waals surface area contributed by atoms with Crippen LogP contribution in [-0.4, -0.2) is 38.4 Å². The lowest BCUT2D eigenvalue weighted by Gasteiger charge is -2.22. The molecule has 1 aromatic heterocycles. The first-order valence-corrected chi connectivity index (χ1v) is 10.2. The number of nitrogens with two attached hydrogens (primary N) is 2. The number of fused-ring (bicyclic) bond motifs is 1. The Morgan fingerprint density at radius 3 is 2.87 bits per heavy atom. The van der Waals surface area contributed by atoms with Crippen LogP contribution in [0, 0.1) is 0 Å². The number of benzene rings is 2. The van der Waals surface area contributed by atoms with Gasteiger partial charge in [0.05, 0.1) is 30.6 Å². The molecule has 2 aromatic carbocycles. The smallest absolute Gasteiger partial charge is 0.191 e. The van der Waals surface area contributed by atoms with Crippen molar-refractivity contribution in [1.29, 1.82) is 0 Å². The maximum Gasteiger partial charge on any atom is 0.191 e. The molecule has 8 heteroatoms. The molecule has 0 aliphatic carbocycles. The van der Waals surface area contributed by atoms with E-state index in [1.54, 1.807) is 25.4 Å². The molecule has 8 nitrogen and oxygen atoms in total. The van der Waals surface area contributed by atoms with Crippen molar-refractivity contribution in [3.8, 4) is 5.75 Å². The molecule has 0 atom stereocenters. The normalized spacial score (nSPS) is 15.0. The minimum absolute atomic E-state index is 0.0575. The third kappa shape index (κ3) is 4.35. The number of hydrogen-bond donors (Lipinski definition) is 3. The fourth-order valence-corrected chi connectivity index (χ4v) is 3.79. The Labute approximate surface area is 180 Å². The van der Waals surface area contributed by atoms with Gasteiger partial charge in [-0.1, -0.05) is 24.3 Å². The summed E-state index contributed by atoms with van der Waals surface area (Å²) in [5.41, 5.74) is 8.86. The number of methoxy groups -OCH3 is 1. The fourth-order valence-electron chi connectivity index (χ4n) is 3.79. The number of nitrogens with zero attached hydrogens (tertiary/aromatic N) is 2. The Morgan fingerprint density at radius 1 is 1.19 bits per heavy atom. The predicted molar refractivity (Wildman–Crippen MR) is 124 cm³/mol. The number of hydrazine groups is 1. The van der Waals surface area contributed by atoms with Crippen LogP contribution in [0.3, 0.4) is 0 Å². The number of nitrogens with one attached hydrogen (secondary N) is 1. The van der Waals surface area contributed by atoms with Gasteiger partial charge in [0.25, 0.3) is 0 Å². The van der Waals surface area contributed by atoms with E-state index in [-0.39, 0.29) is 5.43 Å². The lowest BCUT2D eigenvalue weighted by Crippen LogP contribution is -2.28. The third-order valence-corrected chi connectivity index (χ3v) is 5.37. The van der Waals surface area contributed by atoms with Crippen molar-refractivity contribution in [1.82, 2.24) is 4.98 Å². The molecule has 0 spiro atoms. The topological polar surface area (TPSA) is 110 Å². The van der Waals surface area contributed by atoms with E-state index in [9.17, 15) is 4.79 Å². The van der Waals surface area contributed by atoms with Gasteiger partial charge in [-0.3, -0.25) is 9.80 Å². The summed E-state index contributed by atoms with van der Waals surface area (Å²) in [6.07, 6.45) is 2.53. The van der Waals surface area contributed by atoms with Crippen molar-refractivity contribution in [3.63, 3.8) is 0 Å². The SMILES string of the molecule is COc1ccccc1N(N)/C=C(\N)c1cccc2c(=O)cc(N3CCCOCC3)[nH]c12. The van der Waals surface area contributed by atoms with Crippen molar-refractivity contribution in [2.24, 2.45) is 11.6 Å². The second-order valence-corrected chi connectivity index (χ2v) is 7.36. The minimum atomic E-state index is -0.0575. The van der Waals surface area contributed by atoms with Gasteiger partial charge in [-0.15, -0.1) is 0 Å². The van der Waals surface area contributed by atoms with Crippen LogP contribution in [0.2, 0.25) is 0 Å². The van der Waals surface area contributed by atoms with E-state index in [0.717, 1.165) is 31.9 Å². The molecule has 0 unspecified atom stereocenters. The van der Waals surface area contributed by atoms with Crippen LogP contribution in [0.1, 0.15) is 12.0 Å². The van der Waals surface area contributed by atoms with Crippen molar-refractivity contribution < 1.29 is 9.47 Å². The van der Waals surface area contributed by atoms with E-state index in [2.05, 4.69) is 9.88 Å². The Balaban J connectivity index is 1.76. The summed E-state index contributed by atoms with van der Waals surface area (Å²) in [4.78, 5) is 18.4. The third-order valence-electron chi connectivity index (χ3n) is 5.37. The molecule has 0 saturated carbocycles. The molecular weight excluding hydrogens is 394 g/mol. The molecule has 0 amide bonds. The zero-order chi connectivity index (χ0) is 21.8. The lowest BCUT2D eigenvalue weighted by atomic mass is 10.1. The highest BCUT2D eigenvalue weighted by Gasteiger charge is 2.15. The molecular formula is C23H27N5O3. The van der Waals surface area contributed by atoms with E-state index in [1.165, 1.54) is 5.01 Å². The number of ether oxygens (including phenoxy) is 2. The molecule has 0 radical (unpaired) electrons. The monoisotopic (exact) mass is 421 g/mol. The summed E-state index contributed by atoms with van der Waals surface area (Å²) in [5, 5.41) is 1.99. The average Bonchev–Trinajstić information content (AvgIpc) is 3.08. The van der Waals surface area contributed by atoms with Crippen molar-refractivity contribution >= 4 is 28.1 Å². The minimum Gasteiger partial charge on any atom is -0.495 e. The lowest BCUT2D eigenvalue weighted by molar-refractivity contribution is 0.152. The number of pyridine rings is 1. The van der Waals surface area contributed by atoms with Gasteiger partial charge in [0.1, 0.15) is 11.6 Å². The van der Waals surface area contributed by atoms with Gasteiger partial charge in [-0.25, -0.2) is 5.84 Å². The van der Waals surface area contributed by atoms with Gasteiger partial charge in [0.15, 0.2) is 5.43 Å². The van der Waals surface area contributed by atoms with Crippen molar-refractivity contribution in [2.75, 3.05) is 43.3 Å². The Bertz CT molecular complexity index is 1150. The van der Waals surface area contributed by atoms with E-state index in [0.29, 0.717) is 40.2 Å². The van der Waals surface area contributed by atoms with E-state index in [1.807, 2.05) is 36.4 Å². The first kappa shape index (κ1) is 20.8. The maximum atomic E-state index is 12.8. The Kier molecular flexibility index (Phi) is 6.11. The van der Waals surface area contributed by atoms with Gasteiger partial charge in [0.2, 0.25) is 0 Å². The molecule has 31 heavy (non-hydrogen) atoms. The number of aromatic nitrogens is 1. The van der Waals surface area contributed by atoms with Crippen molar-refractivity contribution in [2.45, 2.75) is 6.42 Å². The molecule has 162 valence electrons. The highest BCUT2D eigenvalue weighted by molar-refractivity contribution is 5.91. The highest BCUT2D eigenvalue weighted by Crippen LogP contribution is 2.28. The summed E-state index contributed by atoms with van der Waals surface area (Å²) in [6.45, 7) is 2.90. The van der Waals surface area contributed by atoms with Crippen LogP contribution >= 0.6 is 0 Å². The molecule has 3 aromatic rings. The number of H-pyrrole nitrogens is 1. The zero-order valence-electron chi connectivity index (χ0n) is 17.5. The molecule has 2 heterocycles. The van der Waals surface area contributed by atoms with Gasteiger partial charge in [-0.05, 0) is 24.6 Å². The predicted octanol–water partition coefficient (Wildman–Crippen LogP) is 2.40. The summed E-state index contributed by atoms with van der Waals surface area (Å²) in [5.74, 6) is 7.64. The largest absolute Gasteiger partial charge is 0.495 e. The molecule has 5 N–H and O–H groups in total. The standard InChI is InChI=1S/C23H27N5O3/c1-30-21-9-3-2-8-19(21)28(25)15-18(24)16-6-4-7-17-20(29)14-22(26-23(16)17)27-10-5-12-31-13-11-27/h2-4,6-9,14-15H,5,10-13,24-25H2,1H3,(H,26,29)/b18-15-. The molecule has 0 bridgehead atoms. The van der Waals surface area contributed by atoms with Crippen LogP contribution in [0.15, 0.2) is 59.5 Å². The van der Waals surface area contributed by atoms with Gasteiger partial charge in [-0.2, -0.15) is 0 Å². The molecule has 1 aliphatic heterocycles. The second kappa shape index (κ2) is 9.11. The zero-order valence-corrected chi connectivity index (χ0v) is 17.5. The summed E-state index contributed by atoms with van der Waals surface area (Å²) >= 11 is 0. The summed E-state index contributed by atoms with van der Waals surface area (Å²) in [6, 6.07) is 14.5. The van der Waals surface area contributed by atoms with Crippen LogP contribution in [0.4, 0.5) is 11.5 Å². The first-order valence-electron chi connectivity index (χ1n) is 10.2. The number of anilines is 2. The Morgan fingerprint density at radius 2 is 2.03 bits per heavy atom. The quantitative estimate of drug-likeness (QED) is 0.429. The first-order chi connectivity index (χ1) is 15.1. The van der Waals surface area contributed by atoms with Crippen LogP contribution < -0.4 is 31.7 Å².